The van der Waals surface area contributed by atoms with Crippen LogP contribution in [-0.2, 0) is 14.3 Å². The van der Waals surface area contributed by atoms with Gasteiger partial charge in [-0.3, -0.25) is 14.5 Å². The summed E-state index contributed by atoms with van der Waals surface area (Å²) in [5.41, 5.74) is 4.06. The fourth-order valence-electron chi connectivity index (χ4n) is 6.08. The molecular formula is C29H30N2O6S. The van der Waals surface area contributed by atoms with Crippen molar-refractivity contribution in [1.82, 2.24) is 4.98 Å². The molecule has 0 bridgehead atoms. The average Bonchev–Trinajstić information content (AvgIpc) is 3.46. The number of hydrogen-bond donors (Lipinski definition) is 0. The molecule has 3 aromatic rings. The van der Waals surface area contributed by atoms with Crippen LogP contribution in [0.4, 0.5) is 5.13 Å². The number of benzene rings is 2. The molecule has 1 amide bonds. The summed E-state index contributed by atoms with van der Waals surface area (Å²) < 4.78 is 24.1. The van der Waals surface area contributed by atoms with Crippen LogP contribution in [0.25, 0.3) is 10.2 Å². The van der Waals surface area contributed by atoms with Crippen LogP contribution in [0.3, 0.4) is 0 Å². The van der Waals surface area contributed by atoms with Gasteiger partial charge in [0, 0.05) is 0 Å². The van der Waals surface area contributed by atoms with E-state index in [0.717, 1.165) is 47.0 Å². The van der Waals surface area contributed by atoms with Crippen LogP contribution in [0.5, 0.6) is 17.2 Å². The molecule has 1 saturated carbocycles. The molecule has 1 fully saturated rings. The maximum atomic E-state index is 14.1. The van der Waals surface area contributed by atoms with E-state index in [1.165, 1.54) is 11.3 Å². The number of ether oxygens (including phenoxy) is 4. The number of carbonyl (C=O) groups is 2. The Morgan fingerprint density at radius 3 is 2.37 bits per heavy atom. The van der Waals surface area contributed by atoms with E-state index in [2.05, 4.69) is 12.1 Å². The Morgan fingerprint density at radius 1 is 0.974 bits per heavy atom. The van der Waals surface area contributed by atoms with Crippen molar-refractivity contribution in [3.05, 3.63) is 52.3 Å². The van der Waals surface area contributed by atoms with Gasteiger partial charge in [-0.15, -0.1) is 0 Å². The number of aromatic nitrogens is 1. The number of amides is 1. The van der Waals surface area contributed by atoms with Crippen LogP contribution < -0.4 is 19.1 Å². The SMILES string of the molecule is COc1cc(C2C3=C(OC4CCCCC4C3=O)C(=O)N2c2nc3c(C)cc(C)cc3s2)cc(OC)c1OC. The topological polar surface area (TPSA) is 87.2 Å². The highest BCUT2D eigenvalue weighted by Gasteiger charge is 2.53. The average molecular weight is 535 g/mol. The van der Waals surface area contributed by atoms with Gasteiger partial charge in [-0.05, 0) is 68.0 Å². The monoisotopic (exact) mass is 534 g/mol. The molecule has 3 atom stereocenters. The number of nitrogens with zero attached hydrogens (tertiary/aromatic N) is 2. The number of methoxy groups -OCH3 is 3. The van der Waals surface area contributed by atoms with Crippen LogP contribution >= 0.6 is 11.3 Å². The summed E-state index contributed by atoms with van der Waals surface area (Å²) in [6, 6.07) is 7.01. The van der Waals surface area contributed by atoms with Crippen molar-refractivity contribution in [3.63, 3.8) is 0 Å². The van der Waals surface area contributed by atoms with Gasteiger partial charge in [0.25, 0.3) is 5.91 Å². The van der Waals surface area contributed by atoms with Gasteiger partial charge in [-0.1, -0.05) is 23.8 Å². The molecule has 198 valence electrons. The largest absolute Gasteiger partial charge is 0.493 e. The van der Waals surface area contributed by atoms with Gasteiger partial charge in [0.15, 0.2) is 28.2 Å². The Bertz CT molecular complexity index is 1480. The normalized spacial score (nSPS) is 22.9. The number of hydrogen-bond acceptors (Lipinski definition) is 8. The predicted octanol–water partition coefficient (Wildman–Crippen LogP) is 5.44. The first-order chi connectivity index (χ1) is 18.4. The van der Waals surface area contributed by atoms with E-state index in [4.69, 9.17) is 23.9 Å². The second-order valence-corrected chi connectivity index (χ2v) is 11.1. The molecule has 2 aromatic carbocycles. The second-order valence-electron chi connectivity index (χ2n) is 10.1. The first-order valence-corrected chi connectivity index (χ1v) is 13.6. The van der Waals surface area contributed by atoms with Crippen molar-refractivity contribution in [1.29, 1.82) is 0 Å². The van der Waals surface area contributed by atoms with Crippen molar-refractivity contribution in [2.24, 2.45) is 5.92 Å². The Kier molecular flexibility index (Phi) is 6.06. The van der Waals surface area contributed by atoms with Gasteiger partial charge in [-0.2, -0.15) is 0 Å². The first-order valence-electron chi connectivity index (χ1n) is 12.8. The van der Waals surface area contributed by atoms with Crippen molar-refractivity contribution in [2.45, 2.75) is 51.7 Å². The third-order valence-corrected chi connectivity index (χ3v) is 8.79. The zero-order valence-electron chi connectivity index (χ0n) is 22.1. The molecule has 6 rings (SSSR count). The van der Waals surface area contributed by atoms with E-state index in [0.29, 0.717) is 33.5 Å². The minimum absolute atomic E-state index is 0.0151. The van der Waals surface area contributed by atoms with Crippen molar-refractivity contribution < 1.29 is 28.5 Å². The van der Waals surface area contributed by atoms with E-state index in [1.54, 1.807) is 38.4 Å². The molecule has 1 aromatic heterocycles. The molecule has 0 radical (unpaired) electrons. The van der Waals surface area contributed by atoms with E-state index in [-0.39, 0.29) is 29.5 Å². The van der Waals surface area contributed by atoms with Gasteiger partial charge in [0.05, 0.1) is 49.1 Å². The molecule has 0 N–H and O–H groups in total. The Morgan fingerprint density at radius 2 is 1.68 bits per heavy atom. The minimum Gasteiger partial charge on any atom is -0.493 e. The lowest BCUT2D eigenvalue weighted by Crippen LogP contribution is -2.39. The van der Waals surface area contributed by atoms with Gasteiger partial charge in [0.2, 0.25) is 5.75 Å². The van der Waals surface area contributed by atoms with Gasteiger partial charge < -0.3 is 18.9 Å². The molecule has 0 saturated heterocycles. The lowest BCUT2D eigenvalue weighted by Gasteiger charge is -2.35. The smallest absolute Gasteiger partial charge is 0.296 e. The Hall–Kier alpha value is -3.59. The van der Waals surface area contributed by atoms with Gasteiger partial charge in [0.1, 0.15) is 6.10 Å². The summed E-state index contributed by atoms with van der Waals surface area (Å²) in [5, 5.41) is 0.520. The summed E-state index contributed by atoms with van der Waals surface area (Å²) in [6.07, 6.45) is 3.23. The van der Waals surface area contributed by atoms with Crippen LogP contribution in [0.1, 0.15) is 48.4 Å². The third kappa shape index (κ3) is 3.66. The van der Waals surface area contributed by atoms with Gasteiger partial charge >= 0.3 is 0 Å². The van der Waals surface area contributed by atoms with Crippen molar-refractivity contribution >= 4 is 38.4 Å². The molecule has 2 aliphatic heterocycles. The summed E-state index contributed by atoms with van der Waals surface area (Å²) in [4.78, 5) is 34.6. The van der Waals surface area contributed by atoms with E-state index < -0.39 is 6.04 Å². The molecule has 1 aliphatic carbocycles. The number of aryl methyl sites for hydroxylation is 2. The highest BCUT2D eigenvalue weighted by atomic mass is 32.1. The molecule has 38 heavy (non-hydrogen) atoms. The number of rotatable bonds is 5. The van der Waals surface area contributed by atoms with Crippen LogP contribution in [-0.4, -0.2) is 44.1 Å². The number of ketones is 1. The van der Waals surface area contributed by atoms with Crippen LogP contribution in [0, 0.1) is 19.8 Å². The number of carbonyl (C=O) groups excluding carboxylic acids is 2. The molecular weight excluding hydrogens is 504 g/mol. The Balaban J connectivity index is 1.57. The minimum atomic E-state index is -0.733. The zero-order chi connectivity index (χ0) is 26.7. The molecule has 0 spiro atoms. The lowest BCUT2D eigenvalue weighted by molar-refractivity contribution is -0.131. The maximum absolute atomic E-state index is 14.1. The second kappa shape index (κ2) is 9.31. The number of Topliss-reactive ketones (excluding diaryl/α,β-unsaturated/α-hetero) is 1. The predicted molar refractivity (Wildman–Crippen MR) is 144 cm³/mol. The maximum Gasteiger partial charge on any atom is 0.296 e. The number of thiazole rings is 1. The Labute approximate surface area is 225 Å². The fourth-order valence-corrected chi connectivity index (χ4v) is 7.25. The molecule has 8 nitrogen and oxygen atoms in total. The first kappa shape index (κ1) is 24.7. The van der Waals surface area contributed by atoms with Crippen molar-refractivity contribution in [3.8, 4) is 17.2 Å². The zero-order valence-corrected chi connectivity index (χ0v) is 22.9. The lowest BCUT2D eigenvalue weighted by atomic mass is 9.77. The fraction of sp³-hybridized carbons (Fsp3) is 0.414. The highest BCUT2D eigenvalue weighted by Crippen LogP contribution is 2.51. The van der Waals surface area contributed by atoms with Crippen molar-refractivity contribution in [2.75, 3.05) is 26.2 Å². The van der Waals surface area contributed by atoms with E-state index in [9.17, 15) is 9.59 Å². The third-order valence-electron chi connectivity index (χ3n) is 7.79. The standard InChI is InChI=1S/C29H30N2O6S/c1-14-10-15(2)23-21(11-14)38-29(30-23)31-24(16-12-19(34-3)26(36-5)20(13-16)35-4)22-25(32)17-8-6-7-9-18(17)37-27(22)28(31)33/h10-13,17-18,24H,6-9H2,1-5H3. The molecule has 3 heterocycles. The highest BCUT2D eigenvalue weighted by molar-refractivity contribution is 7.22. The van der Waals surface area contributed by atoms with Crippen LogP contribution in [0.15, 0.2) is 35.6 Å². The quantitative estimate of drug-likeness (QED) is 0.431. The molecule has 3 aliphatic rings. The van der Waals surface area contributed by atoms with E-state index in [1.807, 2.05) is 13.8 Å². The number of anilines is 1. The summed E-state index contributed by atoms with van der Waals surface area (Å²) in [6.45, 7) is 4.06. The van der Waals surface area contributed by atoms with E-state index >= 15 is 0 Å². The van der Waals surface area contributed by atoms with Gasteiger partial charge in [-0.25, -0.2) is 4.98 Å². The molecule has 3 unspecified atom stereocenters. The summed E-state index contributed by atoms with van der Waals surface area (Å²) in [5.74, 6) is 0.860. The molecule has 9 heteroatoms. The van der Waals surface area contributed by atoms with Crippen LogP contribution in [0.2, 0.25) is 0 Å². The summed E-state index contributed by atoms with van der Waals surface area (Å²) in [7, 11) is 4.63. The number of fused-ring (bicyclic) bond motifs is 2. The summed E-state index contributed by atoms with van der Waals surface area (Å²) >= 11 is 1.44.